The number of nitrogens with zero attached hydrogens (tertiary/aromatic N) is 1. The van der Waals surface area contributed by atoms with Crippen LogP contribution in [-0.2, 0) is 16.4 Å². The summed E-state index contributed by atoms with van der Waals surface area (Å²) >= 11 is 0. The Kier molecular flexibility index (Phi) is 5.12. The zero-order valence-electron chi connectivity index (χ0n) is 12.3. The van der Waals surface area contributed by atoms with Gasteiger partial charge in [-0.3, -0.25) is 10.6 Å². The highest BCUT2D eigenvalue weighted by Crippen LogP contribution is 2.18. The number of benzene rings is 2. The van der Waals surface area contributed by atoms with E-state index in [0.29, 0.717) is 0 Å². The molecule has 122 valence electrons. The molecule has 0 saturated carbocycles. The van der Waals surface area contributed by atoms with Gasteiger partial charge in [-0.2, -0.15) is 0 Å². The van der Waals surface area contributed by atoms with Crippen LogP contribution in [0.4, 0.5) is 0 Å². The Balaban J connectivity index is 2.24. The fourth-order valence-corrected chi connectivity index (χ4v) is 3.22. The van der Waals surface area contributed by atoms with Crippen LogP contribution in [0.1, 0.15) is 11.1 Å². The molecule has 8 heteroatoms. The lowest BCUT2D eigenvalue weighted by Crippen LogP contribution is -2.45. The maximum atomic E-state index is 12.4. The third-order valence-corrected chi connectivity index (χ3v) is 4.87. The highest BCUT2D eigenvalue weighted by Gasteiger charge is 2.28. The van der Waals surface area contributed by atoms with E-state index in [1.807, 2.05) is 6.07 Å². The van der Waals surface area contributed by atoms with Crippen LogP contribution in [-0.4, -0.2) is 30.1 Å². The van der Waals surface area contributed by atoms with E-state index in [1.54, 1.807) is 24.3 Å². The number of nitrogen functional groups attached to an aromatic ring is 1. The van der Waals surface area contributed by atoms with Crippen molar-refractivity contribution in [3.05, 3.63) is 65.7 Å². The third-order valence-electron chi connectivity index (χ3n) is 3.26. The van der Waals surface area contributed by atoms with E-state index in [1.165, 1.54) is 24.3 Å². The molecule has 2 rings (SSSR count). The summed E-state index contributed by atoms with van der Waals surface area (Å²) in [7, 11) is -4.20. The lowest BCUT2D eigenvalue weighted by Gasteiger charge is -2.22. The van der Waals surface area contributed by atoms with E-state index in [9.17, 15) is 13.6 Å². The molecule has 0 bridgehead atoms. The van der Waals surface area contributed by atoms with Crippen molar-refractivity contribution in [2.45, 2.75) is 17.5 Å². The Hall–Kier alpha value is -2.26. The summed E-state index contributed by atoms with van der Waals surface area (Å²) < 4.78 is 25.0. The van der Waals surface area contributed by atoms with Crippen molar-refractivity contribution in [2.24, 2.45) is 11.5 Å². The summed E-state index contributed by atoms with van der Waals surface area (Å²) in [5.41, 5.74) is 12.2. The first-order valence-electron chi connectivity index (χ1n) is 6.79. The molecule has 23 heavy (non-hydrogen) atoms. The smallest absolute Gasteiger partial charge is 0.266 e. The molecular formula is C15H18N4O3S. The molecule has 6 N–H and O–H groups in total. The van der Waals surface area contributed by atoms with Gasteiger partial charge < -0.3 is 11.5 Å². The summed E-state index contributed by atoms with van der Waals surface area (Å²) in [6.07, 6.45) is -0.980. The largest absolute Gasteiger partial charge is 0.384 e. The van der Waals surface area contributed by atoms with Crippen molar-refractivity contribution in [1.29, 1.82) is 5.41 Å². The Bertz CT molecular complexity index is 793. The number of amidine groups is 1. The van der Waals surface area contributed by atoms with Crippen LogP contribution in [0.3, 0.4) is 0 Å². The molecule has 7 nitrogen and oxygen atoms in total. The molecular weight excluding hydrogens is 316 g/mol. The average molecular weight is 334 g/mol. The van der Waals surface area contributed by atoms with Crippen LogP contribution >= 0.6 is 0 Å². The van der Waals surface area contributed by atoms with Gasteiger partial charge in [0.2, 0.25) is 0 Å². The minimum absolute atomic E-state index is 0.138. The topological polar surface area (TPSA) is 134 Å². The van der Waals surface area contributed by atoms with Gasteiger partial charge in [0.15, 0.2) is 0 Å². The first kappa shape index (κ1) is 17.1. The van der Waals surface area contributed by atoms with Gasteiger partial charge in [-0.25, -0.2) is 8.42 Å². The van der Waals surface area contributed by atoms with Gasteiger partial charge in [0, 0.05) is 12.0 Å². The molecule has 0 aromatic heterocycles. The van der Waals surface area contributed by atoms with Crippen LogP contribution in [0, 0.1) is 5.41 Å². The van der Waals surface area contributed by atoms with Crippen LogP contribution in [0.15, 0.2) is 59.5 Å². The average Bonchev–Trinajstić information content (AvgIpc) is 2.55. The van der Waals surface area contributed by atoms with Crippen molar-refractivity contribution >= 4 is 15.9 Å². The monoisotopic (exact) mass is 334 g/mol. The molecule has 1 unspecified atom stereocenters. The lowest BCUT2D eigenvalue weighted by molar-refractivity contribution is -0.0336. The number of sulfonamides is 1. The van der Waals surface area contributed by atoms with Crippen molar-refractivity contribution < 1.29 is 13.6 Å². The molecule has 1 atom stereocenters. The summed E-state index contributed by atoms with van der Waals surface area (Å²) in [5, 5.41) is 17.4. The van der Waals surface area contributed by atoms with E-state index >= 15 is 0 Å². The van der Waals surface area contributed by atoms with Crippen molar-refractivity contribution in [2.75, 3.05) is 0 Å². The Morgan fingerprint density at radius 1 is 1.17 bits per heavy atom. The molecule has 0 fully saturated rings. The van der Waals surface area contributed by atoms with Gasteiger partial charge >= 0.3 is 0 Å². The molecule has 0 amide bonds. The molecule has 0 saturated heterocycles. The predicted molar refractivity (Wildman–Crippen MR) is 86.4 cm³/mol. The van der Waals surface area contributed by atoms with Crippen LogP contribution in [0.2, 0.25) is 0 Å². The van der Waals surface area contributed by atoms with Gasteiger partial charge in [-0.1, -0.05) is 46.9 Å². The molecule has 0 aliphatic rings. The number of rotatable bonds is 6. The number of nitrogens with two attached hydrogens (primary N) is 2. The second kappa shape index (κ2) is 6.88. The first-order valence-corrected chi connectivity index (χ1v) is 8.23. The van der Waals surface area contributed by atoms with Gasteiger partial charge in [-0.15, -0.1) is 0 Å². The second-order valence-electron chi connectivity index (χ2n) is 4.98. The molecule has 0 aliphatic carbocycles. The molecule has 2 aromatic carbocycles. The van der Waals surface area contributed by atoms with E-state index in [-0.39, 0.29) is 27.2 Å². The minimum Gasteiger partial charge on any atom is -0.384 e. The standard InChI is InChI=1S/C15H18N4O3S/c16-14(9-11-5-2-1-3-6-11)19(20)23(21,22)13-8-4-7-12(10-13)15(17)18/h1-8,10,14,20H,9,16H2,(H3,17,18). The van der Waals surface area contributed by atoms with Gasteiger partial charge in [-0.05, 0) is 17.7 Å². The van der Waals surface area contributed by atoms with Crippen molar-refractivity contribution in [1.82, 2.24) is 4.47 Å². The van der Waals surface area contributed by atoms with E-state index < -0.39 is 16.2 Å². The highest BCUT2D eigenvalue weighted by molar-refractivity contribution is 7.89. The SMILES string of the molecule is N=C(N)c1cccc(S(=O)(=O)N(O)C(N)Cc2ccccc2)c1. The Labute approximate surface area is 134 Å². The third kappa shape index (κ3) is 3.93. The minimum atomic E-state index is -4.20. The van der Waals surface area contributed by atoms with Gasteiger partial charge in [0.1, 0.15) is 12.0 Å². The number of hydrogen-bond donors (Lipinski definition) is 4. The van der Waals surface area contributed by atoms with Crippen LogP contribution < -0.4 is 11.5 Å². The highest BCUT2D eigenvalue weighted by atomic mass is 32.2. The van der Waals surface area contributed by atoms with Gasteiger partial charge in [0.05, 0.1) is 4.90 Å². The fraction of sp³-hybridized carbons (Fsp3) is 0.133. The molecule has 0 spiro atoms. The van der Waals surface area contributed by atoms with E-state index in [0.717, 1.165) is 5.56 Å². The fourth-order valence-electron chi connectivity index (χ4n) is 2.04. The maximum Gasteiger partial charge on any atom is 0.266 e. The zero-order valence-corrected chi connectivity index (χ0v) is 13.1. The van der Waals surface area contributed by atoms with Crippen molar-refractivity contribution in [3.63, 3.8) is 0 Å². The molecule has 0 radical (unpaired) electrons. The number of nitrogens with one attached hydrogen (secondary N) is 1. The predicted octanol–water partition coefficient (Wildman–Crippen LogP) is 0.878. The number of hydrogen-bond acceptors (Lipinski definition) is 5. The Morgan fingerprint density at radius 2 is 1.83 bits per heavy atom. The summed E-state index contributed by atoms with van der Waals surface area (Å²) in [5.74, 6) is -0.264. The quantitative estimate of drug-likeness (QED) is 0.269. The first-order chi connectivity index (χ1) is 10.8. The molecule has 0 heterocycles. The lowest BCUT2D eigenvalue weighted by atomic mass is 10.1. The summed E-state index contributed by atoms with van der Waals surface area (Å²) in [6.45, 7) is 0. The number of hydroxylamine groups is 1. The van der Waals surface area contributed by atoms with Crippen LogP contribution in [0.5, 0.6) is 0 Å². The molecule has 0 aliphatic heterocycles. The summed E-state index contributed by atoms with van der Waals surface area (Å²) in [4.78, 5) is -0.184. The molecule has 2 aromatic rings. The van der Waals surface area contributed by atoms with Crippen LogP contribution in [0.25, 0.3) is 0 Å². The van der Waals surface area contributed by atoms with Crippen molar-refractivity contribution in [3.8, 4) is 0 Å². The normalized spacial score (nSPS) is 13.0. The van der Waals surface area contributed by atoms with E-state index in [2.05, 4.69) is 0 Å². The second-order valence-corrected chi connectivity index (χ2v) is 6.77. The maximum absolute atomic E-state index is 12.4. The van der Waals surface area contributed by atoms with E-state index in [4.69, 9.17) is 16.9 Å². The zero-order chi connectivity index (χ0) is 17.0. The van der Waals surface area contributed by atoms with Gasteiger partial charge in [0.25, 0.3) is 10.0 Å². The Morgan fingerprint density at radius 3 is 2.43 bits per heavy atom. The summed E-state index contributed by atoms with van der Waals surface area (Å²) in [6, 6.07) is 14.5.